The molecule has 34 heavy (non-hydrogen) atoms. The molecule has 4 aromatic rings. The lowest BCUT2D eigenvalue weighted by atomic mass is 10.2. The maximum atomic E-state index is 13.4. The van der Waals surface area contributed by atoms with Crippen LogP contribution in [0.15, 0.2) is 77.6 Å². The van der Waals surface area contributed by atoms with Crippen molar-refractivity contribution in [2.75, 3.05) is 5.32 Å². The van der Waals surface area contributed by atoms with Crippen molar-refractivity contribution in [1.82, 2.24) is 4.57 Å². The predicted molar refractivity (Wildman–Crippen MR) is 138 cm³/mol. The maximum Gasteiger partial charge on any atom is 0.273 e. The third-order valence-corrected chi connectivity index (χ3v) is 6.82. The Kier molecular flexibility index (Phi) is 7.20. The number of nitriles is 1. The average Bonchev–Trinajstić information content (AvgIpc) is 3.14. The minimum Gasteiger partial charge on any atom is -0.321 e. The lowest BCUT2D eigenvalue weighted by Gasteiger charge is -2.06. The van der Waals surface area contributed by atoms with Crippen molar-refractivity contribution in [2.45, 2.75) is 0 Å². The molecule has 0 spiro atoms. The molecule has 3 aromatic carbocycles. The number of hydrogen-bond donors (Lipinski definition) is 1. The van der Waals surface area contributed by atoms with E-state index in [-0.39, 0.29) is 20.8 Å². The van der Waals surface area contributed by atoms with E-state index in [1.54, 1.807) is 60.7 Å². The number of amides is 1. The van der Waals surface area contributed by atoms with Gasteiger partial charge in [-0.15, -0.1) is 11.3 Å². The molecule has 1 N–H and O–H groups in total. The largest absolute Gasteiger partial charge is 0.321 e. The summed E-state index contributed by atoms with van der Waals surface area (Å²) in [7, 11) is 0. The summed E-state index contributed by atoms with van der Waals surface area (Å²) in [5, 5.41) is 13.7. The van der Waals surface area contributed by atoms with Gasteiger partial charge in [-0.25, -0.2) is 0 Å². The van der Waals surface area contributed by atoms with E-state index >= 15 is 0 Å². The van der Waals surface area contributed by atoms with Crippen LogP contribution < -0.4 is 20.1 Å². The molecule has 1 aromatic heterocycles. The highest BCUT2D eigenvalue weighted by Gasteiger charge is 2.17. The van der Waals surface area contributed by atoms with E-state index in [0.29, 0.717) is 26.0 Å². The van der Waals surface area contributed by atoms with Crippen molar-refractivity contribution in [3.63, 3.8) is 0 Å². The topological polar surface area (TPSA) is 74.9 Å². The number of rotatable bonds is 4. The van der Waals surface area contributed by atoms with Crippen LogP contribution in [-0.2, 0) is 4.79 Å². The summed E-state index contributed by atoms with van der Waals surface area (Å²) in [4.78, 5) is 26.4. The number of para-hydroxylation sites is 1. The Hall–Kier alpha value is -3.34. The van der Waals surface area contributed by atoms with Crippen LogP contribution in [0.5, 0.6) is 0 Å². The van der Waals surface area contributed by atoms with Gasteiger partial charge < -0.3 is 5.32 Å². The van der Waals surface area contributed by atoms with Crippen molar-refractivity contribution >= 4 is 69.4 Å². The number of anilines is 1. The number of carbonyl (C=O) groups is 1. The Morgan fingerprint density at radius 2 is 1.68 bits per heavy atom. The van der Waals surface area contributed by atoms with Crippen LogP contribution >= 0.6 is 46.1 Å². The Bertz CT molecular complexity index is 1600. The molecule has 1 heterocycles. The molecule has 0 radical (unpaired) electrons. The van der Waals surface area contributed by atoms with Crippen molar-refractivity contribution in [1.29, 1.82) is 5.26 Å². The summed E-state index contributed by atoms with van der Waals surface area (Å²) >= 11 is 19.0. The zero-order valence-corrected chi connectivity index (χ0v) is 20.3. The summed E-state index contributed by atoms with van der Waals surface area (Å²) in [5.74, 6) is -0.676. The number of benzene rings is 3. The number of nitrogens with zero attached hydrogens (tertiary/aromatic N) is 2. The third kappa shape index (κ3) is 5.09. The van der Waals surface area contributed by atoms with Crippen LogP contribution in [0.2, 0.25) is 15.1 Å². The molecule has 0 unspecified atom stereocenters. The summed E-state index contributed by atoms with van der Waals surface area (Å²) in [5.41, 5.74) is 1.09. The van der Waals surface area contributed by atoms with Crippen LogP contribution in [0.25, 0.3) is 17.3 Å². The fourth-order valence-corrected chi connectivity index (χ4v) is 4.66. The molecule has 9 heteroatoms. The summed E-state index contributed by atoms with van der Waals surface area (Å²) in [6, 6.07) is 22.3. The highest BCUT2D eigenvalue weighted by molar-refractivity contribution is 7.07. The van der Waals surface area contributed by atoms with Crippen LogP contribution in [0.3, 0.4) is 0 Å². The molecule has 168 valence electrons. The number of aromatic nitrogens is 1. The fraction of sp³-hybridized carbons (Fsp3) is 0. The van der Waals surface area contributed by atoms with Crippen molar-refractivity contribution in [3.8, 4) is 11.8 Å². The second kappa shape index (κ2) is 10.3. The molecular weight excluding hydrogens is 513 g/mol. The van der Waals surface area contributed by atoms with Crippen molar-refractivity contribution in [3.05, 3.63) is 113 Å². The molecule has 0 bridgehead atoms. The highest BCUT2D eigenvalue weighted by atomic mass is 35.5. The molecule has 0 aliphatic carbocycles. The van der Waals surface area contributed by atoms with Gasteiger partial charge in [0.25, 0.3) is 11.5 Å². The zero-order chi connectivity index (χ0) is 24.2. The van der Waals surface area contributed by atoms with E-state index in [2.05, 4.69) is 5.32 Å². The van der Waals surface area contributed by atoms with Gasteiger partial charge in [0.2, 0.25) is 0 Å². The normalized spacial score (nSPS) is 12.2. The monoisotopic (exact) mass is 525 g/mol. The number of halogens is 3. The first-order valence-corrected chi connectivity index (χ1v) is 11.8. The molecule has 0 atom stereocenters. The number of carbonyl (C=O) groups excluding carboxylic acids is 1. The lowest BCUT2D eigenvalue weighted by Crippen LogP contribution is -2.32. The van der Waals surface area contributed by atoms with Crippen LogP contribution in [0.4, 0.5) is 5.69 Å². The van der Waals surface area contributed by atoms with E-state index in [4.69, 9.17) is 34.8 Å². The Balaban J connectivity index is 1.93. The van der Waals surface area contributed by atoms with E-state index in [9.17, 15) is 14.9 Å². The van der Waals surface area contributed by atoms with Crippen molar-refractivity contribution in [2.24, 2.45) is 0 Å². The first kappa shape index (κ1) is 23.8. The number of thiazole rings is 1. The first-order chi connectivity index (χ1) is 16.4. The average molecular weight is 527 g/mol. The van der Waals surface area contributed by atoms with E-state index < -0.39 is 5.91 Å². The second-order valence-corrected chi connectivity index (χ2v) is 9.29. The molecule has 0 fully saturated rings. The quantitative estimate of drug-likeness (QED) is 0.407. The first-order valence-electron chi connectivity index (χ1n) is 9.83. The fourth-order valence-electron chi connectivity index (χ4n) is 3.14. The molecule has 0 aliphatic heterocycles. The second-order valence-electron chi connectivity index (χ2n) is 7.01. The van der Waals surface area contributed by atoms with Crippen LogP contribution in [-0.4, -0.2) is 10.5 Å². The van der Waals surface area contributed by atoms with Crippen LogP contribution in [0, 0.1) is 11.3 Å². The van der Waals surface area contributed by atoms with Gasteiger partial charge in [-0.3, -0.25) is 14.2 Å². The van der Waals surface area contributed by atoms with E-state index in [1.807, 2.05) is 12.1 Å². The lowest BCUT2D eigenvalue weighted by molar-refractivity contribution is -0.111. The van der Waals surface area contributed by atoms with Crippen LogP contribution in [0.1, 0.15) is 5.56 Å². The van der Waals surface area contributed by atoms with Gasteiger partial charge in [0, 0.05) is 10.7 Å². The Morgan fingerprint density at radius 3 is 2.32 bits per heavy atom. The minimum absolute atomic E-state index is 0.205. The van der Waals surface area contributed by atoms with Gasteiger partial charge in [0.15, 0.2) is 5.57 Å². The van der Waals surface area contributed by atoms with E-state index in [1.165, 1.54) is 16.7 Å². The van der Waals surface area contributed by atoms with Gasteiger partial charge in [-0.1, -0.05) is 65.1 Å². The minimum atomic E-state index is -0.676. The maximum absolute atomic E-state index is 13.4. The Labute approximate surface area is 213 Å². The summed E-state index contributed by atoms with van der Waals surface area (Å²) in [6.07, 6.45) is 1.69. The molecule has 5 nitrogen and oxygen atoms in total. The molecule has 1 amide bonds. The molecule has 0 aliphatic rings. The standard InChI is InChI=1S/C25H14Cl3N3O2S/c26-16-8-6-15(7-9-16)12-22-24(33)31(18-4-2-1-3-5-18)25(34-22)19(14-29)23(32)30-17-10-11-20(27)21(28)13-17/h1-13H,(H,30,32). The van der Waals surface area contributed by atoms with Crippen molar-refractivity contribution < 1.29 is 4.79 Å². The molecule has 4 rings (SSSR count). The highest BCUT2D eigenvalue weighted by Crippen LogP contribution is 2.25. The summed E-state index contributed by atoms with van der Waals surface area (Å²) < 4.78 is 1.92. The molecule has 0 saturated heterocycles. The number of hydrogen-bond acceptors (Lipinski definition) is 4. The Morgan fingerprint density at radius 1 is 0.971 bits per heavy atom. The third-order valence-electron chi connectivity index (χ3n) is 4.74. The van der Waals surface area contributed by atoms with Gasteiger partial charge in [-0.2, -0.15) is 5.26 Å². The molecule has 0 saturated carbocycles. The smallest absolute Gasteiger partial charge is 0.273 e. The number of nitrogens with one attached hydrogen (secondary N) is 1. The van der Waals surface area contributed by atoms with Gasteiger partial charge in [-0.05, 0) is 54.1 Å². The predicted octanol–water partition coefficient (Wildman–Crippen LogP) is 5.00. The van der Waals surface area contributed by atoms with Gasteiger partial charge in [0.1, 0.15) is 10.7 Å². The van der Waals surface area contributed by atoms with Gasteiger partial charge in [0.05, 0.1) is 20.3 Å². The van der Waals surface area contributed by atoms with E-state index in [0.717, 1.165) is 16.9 Å². The zero-order valence-electron chi connectivity index (χ0n) is 17.3. The van der Waals surface area contributed by atoms with Gasteiger partial charge >= 0.3 is 0 Å². The molecular formula is C25H14Cl3N3O2S. The SMILES string of the molecule is N#CC(C(=O)Nc1ccc(Cl)c(Cl)c1)=c1sc(=Cc2ccc(Cl)cc2)c(=O)n1-c1ccccc1. The summed E-state index contributed by atoms with van der Waals surface area (Å²) in [6.45, 7) is 0.